The Balaban J connectivity index is 1.92. The molecule has 1 heterocycles. The molecule has 6 heteroatoms. The van der Waals surface area contributed by atoms with E-state index in [4.69, 9.17) is 4.74 Å². The SMILES string of the molecule is CC(C)(C)OC(=O)N1CCC[C@@H]1CN[C@@H](Cc1ccccc1)C(=O)O. The molecule has 6 nitrogen and oxygen atoms in total. The molecule has 0 aromatic heterocycles. The molecule has 0 radical (unpaired) electrons. The smallest absolute Gasteiger partial charge is 0.410 e. The average Bonchev–Trinajstić information content (AvgIpc) is 2.99. The lowest BCUT2D eigenvalue weighted by atomic mass is 10.1. The third-order valence-electron chi connectivity index (χ3n) is 4.19. The topological polar surface area (TPSA) is 78.9 Å². The quantitative estimate of drug-likeness (QED) is 0.826. The Kier molecular flexibility index (Phi) is 6.42. The molecule has 25 heavy (non-hydrogen) atoms. The van der Waals surface area contributed by atoms with E-state index >= 15 is 0 Å². The zero-order chi connectivity index (χ0) is 18.4. The number of nitrogens with one attached hydrogen (secondary N) is 1. The second-order valence-electron chi connectivity index (χ2n) is 7.46. The number of hydrogen-bond donors (Lipinski definition) is 2. The van der Waals surface area contributed by atoms with Crippen molar-refractivity contribution < 1.29 is 19.4 Å². The number of aliphatic carboxylic acids is 1. The molecule has 1 aliphatic rings. The van der Waals surface area contributed by atoms with Gasteiger partial charge in [0.05, 0.1) is 0 Å². The zero-order valence-corrected chi connectivity index (χ0v) is 15.2. The summed E-state index contributed by atoms with van der Waals surface area (Å²) in [5.41, 5.74) is 0.437. The summed E-state index contributed by atoms with van der Waals surface area (Å²) in [6, 6.07) is 8.82. The maximum atomic E-state index is 12.3. The van der Waals surface area contributed by atoms with E-state index in [2.05, 4.69) is 5.32 Å². The minimum atomic E-state index is -0.884. The zero-order valence-electron chi connectivity index (χ0n) is 15.2. The Morgan fingerprint density at radius 1 is 1.32 bits per heavy atom. The van der Waals surface area contributed by atoms with Crippen molar-refractivity contribution in [3.63, 3.8) is 0 Å². The Morgan fingerprint density at radius 2 is 2.00 bits per heavy atom. The number of ether oxygens (including phenoxy) is 1. The fraction of sp³-hybridized carbons (Fsp3) is 0.579. The molecule has 1 amide bonds. The van der Waals surface area contributed by atoms with Gasteiger partial charge in [-0.1, -0.05) is 30.3 Å². The van der Waals surface area contributed by atoms with E-state index in [-0.39, 0.29) is 12.1 Å². The van der Waals surface area contributed by atoms with Crippen molar-refractivity contribution in [1.82, 2.24) is 10.2 Å². The van der Waals surface area contributed by atoms with Gasteiger partial charge in [-0.3, -0.25) is 4.79 Å². The lowest BCUT2D eigenvalue weighted by molar-refractivity contribution is -0.139. The van der Waals surface area contributed by atoms with E-state index < -0.39 is 17.6 Å². The maximum absolute atomic E-state index is 12.3. The highest BCUT2D eigenvalue weighted by Gasteiger charge is 2.32. The van der Waals surface area contributed by atoms with Gasteiger partial charge in [0.15, 0.2) is 0 Å². The third kappa shape index (κ3) is 6.05. The average molecular weight is 348 g/mol. The van der Waals surface area contributed by atoms with Crippen LogP contribution in [0, 0.1) is 0 Å². The molecule has 138 valence electrons. The number of hydrogen-bond acceptors (Lipinski definition) is 4. The van der Waals surface area contributed by atoms with Gasteiger partial charge in [-0.05, 0) is 45.6 Å². The van der Waals surface area contributed by atoms with Crippen LogP contribution >= 0.6 is 0 Å². The van der Waals surface area contributed by atoms with Crippen LogP contribution in [0.25, 0.3) is 0 Å². The van der Waals surface area contributed by atoms with Crippen LogP contribution in [0.2, 0.25) is 0 Å². The molecule has 0 spiro atoms. The van der Waals surface area contributed by atoms with Crippen LogP contribution in [0.15, 0.2) is 30.3 Å². The highest BCUT2D eigenvalue weighted by Crippen LogP contribution is 2.20. The van der Waals surface area contributed by atoms with Gasteiger partial charge in [0, 0.05) is 19.1 Å². The number of carbonyl (C=O) groups excluding carboxylic acids is 1. The van der Waals surface area contributed by atoms with E-state index in [1.54, 1.807) is 4.90 Å². The van der Waals surface area contributed by atoms with Crippen LogP contribution in [-0.4, -0.2) is 52.8 Å². The molecule has 2 rings (SSSR count). The van der Waals surface area contributed by atoms with Crippen molar-refractivity contribution in [2.45, 2.75) is 57.7 Å². The first-order valence-corrected chi connectivity index (χ1v) is 8.76. The molecule has 1 aromatic carbocycles. The van der Waals surface area contributed by atoms with Gasteiger partial charge in [-0.15, -0.1) is 0 Å². The number of carbonyl (C=O) groups is 2. The lowest BCUT2D eigenvalue weighted by Gasteiger charge is -2.29. The summed E-state index contributed by atoms with van der Waals surface area (Å²) in [6.07, 6.45) is 1.84. The monoisotopic (exact) mass is 348 g/mol. The van der Waals surface area contributed by atoms with E-state index in [9.17, 15) is 14.7 Å². The van der Waals surface area contributed by atoms with Crippen molar-refractivity contribution in [1.29, 1.82) is 0 Å². The molecule has 0 aliphatic carbocycles. The molecular formula is C19H28N2O4. The van der Waals surface area contributed by atoms with Crippen LogP contribution in [0.3, 0.4) is 0 Å². The summed E-state index contributed by atoms with van der Waals surface area (Å²) in [4.78, 5) is 25.6. The van der Waals surface area contributed by atoms with Crippen LogP contribution in [0.4, 0.5) is 4.79 Å². The summed E-state index contributed by atoms with van der Waals surface area (Å²) in [6.45, 7) is 6.62. The van der Waals surface area contributed by atoms with Crippen LogP contribution in [-0.2, 0) is 16.0 Å². The minimum absolute atomic E-state index is 0.0347. The fourth-order valence-electron chi connectivity index (χ4n) is 2.98. The van der Waals surface area contributed by atoms with Gasteiger partial charge in [0.1, 0.15) is 11.6 Å². The molecule has 0 bridgehead atoms. The molecule has 1 saturated heterocycles. The fourth-order valence-corrected chi connectivity index (χ4v) is 2.98. The number of benzene rings is 1. The molecule has 0 unspecified atom stereocenters. The van der Waals surface area contributed by atoms with Gasteiger partial charge < -0.3 is 20.1 Å². The number of likely N-dealkylation sites (tertiary alicyclic amines) is 1. The van der Waals surface area contributed by atoms with Gasteiger partial charge in [0.25, 0.3) is 0 Å². The van der Waals surface area contributed by atoms with E-state index in [1.807, 2.05) is 51.1 Å². The molecule has 2 atom stereocenters. The Bertz CT molecular complexity index is 583. The molecule has 0 saturated carbocycles. The van der Waals surface area contributed by atoms with Crippen molar-refractivity contribution in [3.8, 4) is 0 Å². The van der Waals surface area contributed by atoms with E-state index in [1.165, 1.54) is 0 Å². The normalized spacial score (nSPS) is 18.8. The van der Waals surface area contributed by atoms with Gasteiger partial charge in [-0.25, -0.2) is 4.79 Å². The highest BCUT2D eigenvalue weighted by molar-refractivity contribution is 5.74. The van der Waals surface area contributed by atoms with Crippen molar-refractivity contribution in [2.75, 3.05) is 13.1 Å². The summed E-state index contributed by atoms with van der Waals surface area (Å²) in [7, 11) is 0. The number of rotatable bonds is 6. The molecular weight excluding hydrogens is 320 g/mol. The Hall–Kier alpha value is -2.08. The maximum Gasteiger partial charge on any atom is 0.410 e. The largest absolute Gasteiger partial charge is 0.480 e. The number of nitrogens with zero attached hydrogens (tertiary/aromatic N) is 1. The van der Waals surface area contributed by atoms with Gasteiger partial charge in [-0.2, -0.15) is 0 Å². The lowest BCUT2D eigenvalue weighted by Crippen LogP contribution is -2.48. The van der Waals surface area contributed by atoms with E-state index in [0.717, 1.165) is 18.4 Å². The van der Waals surface area contributed by atoms with E-state index in [0.29, 0.717) is 19.5 Å². The Morgan fingerprint density at radius 3 is 2.60 bits per heavy atom. The van der Waals surface area contributed by atoms with Crippen LogP contribution in [0.5, 0.6) is 0 Å². The summed E-state index contributed by atoms with van der Waals surface area (Å²) < 4.78 is 5.44. The standard InChI is InChI=1S/C19H28N2O4/c1-19(2,3)25-18(24)21-11-7-10-15(21)13-20-16(17(22)23)12-14-8-5-4-6-9-14/h4-6,8-9,15-16,20H,7,10-13H2,1-3H3,(H,22,23)/t15-,16+/m1/s1. The Labute approximate surface area is 149 Å². The summed E-state index contributed by atoms with van der Waals surface area (Å²) in [5, 5.41) is 12.6. The predicted octanol–water partition coefficient (Wildman–Crippen LogP) is 2.67. The molecule has 1 fully saturated rings. The second-order valence-corrected chi connectivity index (χ2v) is 7.46. The van der Waals surface area contributed by atoms with Crippen molar-refractivity contribution in [2.24, 2.45) is 0 Å². The first-order chi connectivity index (χ1) is 11.8. The molecule has 1 aromatic rings. The minimum Gasteiger partial charge on any atom is -0.480 e. The summed E-state index contributed by atoms with van der Waals surface area (Å²) >= 11 is 0. The van der Waals surface area contributed by atoms with Crippen molar-refractivity contribution in [3.05, 3.63) is 35.9 Å². The molecule has 2 N–H and O–H groups in total. The number of carboxylic acids is 1. The predicted molar refractivity (Wildman–Crippen MR) is 95.5 cm³/mol. The van der Waals surface area contributed by atoms with Crippen LogP contribution < -0.4 is 5.32 Å². The van der Waals surface area contributed by atoms with Gasteiger partial charge in [0.2, 0.25) is 0 Å². The summed E-state index contributed by atoms with van der Waals surface area (Å²) in [5.74, 6) is -0.884. The third-order valence-corrected chi connectivity index (χ3v) is 4.19. The first-order valence-electron chi connectivity index (χ1n) is 8.76. The number of amides is 1. The van der Waals surface area contributed by atoms with Crippen molar-refractivity contribution >= 4 is 12.1 Å². The van der Waals surface area contributed by atoms with Crippen LogP contribution in [0.1, 0.15) is 39.2 Å². The number of carboxylic acid groups (broad SMARTS) is 1. The first kappa shape index (κ1) is 19.2. The highest BCUT2D eigenvalue weighted by atomic mass is 16.6. The second kappa shape index (κ2) is 8.34. The molecule has 1 aliphatic heterocycles. The van der Waals surface area contributed by atoms with Gasteiger partial charge >= 0.3 is 12.1 Å².